The summed E-state index contributed by atoms with van der Waals surface area (Å²) in [6.07, 6.45) is 6.67. The fourth-order valence-electron chi connectivity index (χ4n) is 5.23. The van der Waals surface area contributed by atoms with Crippen molar-refractivity contribution in [2.24, 2.45) is 11.8 Å². The van der Waals surface area contributed by atoms with Gasteiger partial charge in [-0.15, -0.1) is 0 Å². The molecule has 1 amide bonds. The van der Waals surface area contributed by atoms with Gasteiger partial charge in [0.25, 0.3) is 0 Å². The minimum absolute atomic E-state index is 0.00414. The van der Waals surface area contributed by atoms with Gasteiger partial charge in [-0.05, 0) is 60.4 Å². The van der Waals surface area contributed by atoms with Gasteiger partial charge in [-0.2, -0.15) is 4.31 Å². The number of nitrogens with zero attached hydrogens (tertiary/aromatic N) is 2. The molecule has 2 fully saturated rings. The number of hydrogen-bond donors (Lipinski definition) is 1. The van der Waals surface area contributed by atoms with E-state index in [1.54, 1.807) is 16.4 Å². The van der Waals surface area contributed by atoms with E-state index in [-0.39, 0.29) is 11.8 Å². The van der Waals surface area contributed by atoms with Gasteiger partial charge in [-0.1, -0.05) is 42.0 Å². The highest BCUT2D eigenvalue weighted by molar-refractivity contribution is 7.89. The number of sulfonamides is 1. The molecule has 2 saturated heterocycles. The van der Waals surface area contributed by atoms with E-state index >= 15 is 0 Å². The molecule has 164 valence electrons. The Balaban J connectivity index is 1.22. The Morgan fingerprint density at radius 3 is 2.74 bits per heavy atom. The fourth-order valence-corrected chi connectivity index (χ4v) is 6.82. The highest BCUT2D eigenvalue weighted by atomic mass is 32.2. The largest absolute Gasteiger partial charge is 0.289 e. The van der Waals surface area contributed by atoms with Gasteiger partial charge in [0.15, 0.2) is 0 Å². The number of hydrazine groups is 1. The molecule has 0 bridgehead atoms. The van der Waals surface area contributed by atoms with E-state index in [1.165, 1.54) is 12.0 Å². The molecule has 2 aliphatic heterocycles. The van der Waals surface area contributed by atoms with E-state index in [0.29, 0.717) is 30.3 Å². The van der Waals surface area contributed by atoms with Crippen LogP contribution in [0.5, 0.6) is 0 Å². The van der Waals surface area contributed by atoms with Crippen molar-refractivity contribution >= 4 is 26.7 Å². The third kappa shape index (κ3) is 4.27. The van der Waals surface area contributed by atoms with Crippen molar-refractivity contribution in [3.63, 3.8) is 0 Å². The quantitative estimate of drug-likeness (QED) is 0.726. The first kappa shape index (κ1) is 20.7. The van der Waals surface area contributed by atoms with Crippen LogP contribution in [0.4, 0.5) is 0 Å². The molecule has 2 heterocycles. The number of allylic oxidation sites excluding steroid dienone is 1. The number of carbonyl (C=O) groups excluding carboxylic acids is 1. The van der Waals surface area contributed by atoms with Crippen LogP contribution >= 0.6 is 0 Å². The summed E-state index contributed by atoms with van der Waals surface area (Å²) in [5.41, 5.74) is 4.50. The molecular formula is C24H29N3O3S. The average Bonchev–Trinajstić information content (AvgIpc) is 3.35. The van der Waals surface area contributed by atoms with Crippen LogP contribution in [-0.2, 0) is 14.8 Å². The van der Waals surface area contributed by atoms with Crippen LogP contribution in [0.2, 0.25) is 0 Å². The molecule has 2 aromatic rings. The molecule has 6 nitrogen and oxygen atoms in total. The summed E-state index contributed by atoms with van der Waals surface area (Å²) in [4.78, 5) is 12.9. The minimum Gasteiger partial charge on any atom is -0.289 e. The molecule has 3 aliphatic rings. The molecule has 2 aromatic carbocycles. The molecule has 5 rings (SSSR count). The molecule has 0 spiro atoms. The number of hydrogen-bond acceptors (Lipinski definition) is 4. The van der Waals surface area contributed by atoms with Crippen molar-refractivity contribution in [2.45, 2.75) is 37.0 Å². The molecule has 1 aliphatic carbocycles. The van der Waals surface area contributed by atoms with Crippen molar-refractivity contribution in [1.29, 1.82) is 0 Å². The number of benzene rings is 2. The topological polar surface area (TPSA) is 69.7 Å². The van der Waals surface area contributed by atoms with Crippen LogP contribution in [0, 0.1) is 11.8 Å². The van der Waals surface area contributed by atoms with Gasteiger partial charge in [0, 0.05) is 32.6 Å². The summed E-state index contributed by atoms with van der Waals surface area (Å²) in [6, 6.07) is 13.1. The van der Waals surface area contributed by atoms with Gasteiger partial charge in [-0.25, -0.2) is 13.4 Å². The second-order valence-corrected chi connectivity index (χ2v) is 11.0. The summed E-state index contributed by atoms with van der Waals surface area (Å²) < 4.78 is 28.1. The van der Waals surface area contributed by atoms with Gasteiger partial charge in [0.1, 0.15) is 0 Å². The van der Waals surface area contributed by atoms with Gasteiger partial charge in [-0.3, -0.25) is 10.2 Å². The predicted molar refractivity (Wildman–Crippen MR) is 121 cm³/mol. The van der Waals surface area contributed by atoms with Crippen LogP contribution in [0.1, 0.15) is 32.1 Å². The summed E-state index contributed by atoms with van der Waals surface area (Å²) >= 11 is 0. The van der Waals surface area contributed by atoms with E-state index in [4.69, 9.17) is 0 Å². The molecule has 0 saturated carbocycles. The maximum atomic E-state index is 13.3. The van der Waals surface area contributed by atoms with Crippen molar-refractivity contribution in [1.82, 2.24) is 14.7 Å². The summed E-state index contributed by atoms with van der Waals surface area (Å²) in [6.45, 7) is 2.62. The van der Waals surface area contributed by atoms with E-state index < -0.39 is 10.0 Å². The third-order valence-electron chi connectivity index (χ3n) is 6.86. The first-order valence-electron chi connectivity index (χ1n) is 11.2. The summed E-state index contributed by atoms with van der Waals surface area (Å²) in [5.74, 6) is 0.637. The highest BCUT2D eigenvalue weighted by Gasteiger charge is 2.33. The molecular weight excluding hydrogens is 410 g/mol. The monoisotopic (exact) mass is 439 g/mol. The van der Waals surface area contributed by atoms with Crippen molar-refractivity contribution in [2.75, 3.05) is 26.2 Å². The average molecular weight is 440 g/mol. The zero-order chi connectivity index (χ0) is 21.4. The maximum absolute atomic E-state index is 13.3. The van der Waals surface area contributed by atoms with Crippen LogP contribution in [0.3, 0.4) is 0 Å². The number of nitrogens with one attached hydrogen (secondary N) is 1. The maximum Gasteiger partial charge on any atom is 0.243 e. The molecule has 7 heteroatoms. The molecule has 2 atom stereocenters. The van der Waals surface area contributed by atoms with Crippen LogP contribution < -0.4 is 5.43 Å². The summed E-state index contributed by atoms with van der Waals surface area (Å²) in [5, 5.41) is 3.96. The minimum atomic E-state index is -3.57. The fraction of sp³-hybridized carbons (Fsp3) is 0.458. The lowest BCUT2D eigenvalue weighted by molar-refractivity contribution is -0.126. The standard InChI is InChI=1S/C24H29N3O3S/c28-24(25-26-16-21-8-3-9-22(21)17-26)13-18-5-4-12-27(15-18)31(29,30)23-11-10-19-6-1-2-7-20(19)14-23/h1-2,6-8,10-11,14,18,22H,3-5,9,12-13,15-17H2,(H,25,28). The zero-order valence-electron chi connectivity index (χ0n) is 17.7. The zero-order valence-corrected chi connectivity index (χ0v) is 18.5. The second kappa shape index (κ2) is 8.37. The van der Waals surface area contributed by atoms with Crippen LogP contribution in [0.25, 0.3) is 10.8 Å². The molecule has 1 N–H and O–H groups in total. The lowest BCUT2D eigenvalue weighted by Crippen LogP contribution is -2.44. The number of amides is 1. The lowest BCUT2D eigenvalue weighted by Gasteiger charge is -2.32. The Kier molecular flexibility index (Phi) is 5.58. The summed E-state index contributed by atoms with van der Waals surface area (Å²) in [7, 11) is -3.57. The predicted octanol–water partition coefficient (Wildman–Crippen LogP) is 3.31. The Hall–Kier alpha value is -2.22. The van der Waals surface area contributed by atoms with Gasteiger partial charge in [0.2, 0.25) is 15.9 Å². The van der Waals surface area contributed by atoms with E-state index in [0.717, 1.165) is 43.1 Å². The van der Waals surface area contributed by atoms with Crippen molar-refractivity contribution < 1.29 is 13.2 Å². The number of rotatable bonds is 5. The SMILES string of the molecule is O=C(CC1CCCN(S(=O)(=O)c2ccc3ccccc3c2)C1)NN1CC2=CCCC2C1. The first-order chi connectivity index (χ1) is 15.0. The molecule has 0 aromatic heterocycles. The Labute approximate surface area is 183 Å². The lowest BCUT2D eigenvalue weighted by atomic mass is 9.96. The van der Waals surface area contributed by atoms with Gasteiger partial charge >= 0.3 is 0 Å². The Bertz CT molecular complexity index is 1130. The van der Waals surface area contributed by atoms with Crippen molar-refractivity contribution in [3.8, 4) is 0 Å². The molecule has 0 radical (unpaired) electrons. The van der Waals surface area contributed by atoms with Crippen molar-refractivity contribution in [3.05, 3.63) is 54.1 Å². The Morgan fingerprint density at radius 2 is 1.90 bits per heavy atom. The van der Waals surface area contributed by atoms with Crippen LogP contribution in [0.15, 0.2) is 59.0 Å². The second-order valence-electron chi connectivity index (χ2n) is 9.05. The number of carbonyl (C=O) groups is 1. The Morgan fingerprint density at radius 1 is 1.06 bits per heavy atom. The highest BCUT2D eigenvalue weighted by Crippen LogP contribution is 2.32. The number of fused-ring (bicyclic) bond motifs is 2. The number of piperidine rings is 1. The normalized spacial score (nSPS) is 24.8. The first-order valence-corrected chi connectivity index (χ1v) is 12.7. The van der Waals surface area contributed by atoms with E-state index in [2.05, 4.69) is 11.5 Å². The van der Waals surface area contributed by atoms with Gasteiger partial charge < -0.3 is 0 Å². The van der Waals surface area contributed by atoms with E-state index in [1.807, 2.05) is 35.3 Å². The van der Waals surface area contributed by atoms with Crippen LogP contribution in [-0.4, -0.2) is 49.8 Å². The molecule has 2 unspecified atom stereocenters. The smallest absolute Gasteiger partial charge is 0.243 e. The van der Waals surface area contributed by atoms with Gasteiger partial charge in [0.05, 0.1) is 4.90 Å². The molecule has 31 heavy (non-hydrogen) atoms. The third-order valence-corrected chi connectivity index (χ3v) is 8.72. The van der Waals surface area contributed by atoms with E-state index in [9.17, 15) is 13.2 Å².